The van der Waals surface area contributed by atoms with Gasteiger partial charge in [0.15, 0.2) is 0 Å². The molecule has 0 saturated heterocycles. The average molecular weight is 261 g/mol. The summed E-state index contributed by atoms with van der Waals surface area (Å²) in [7, 11) is 0. The number of aliphatic carboxylic acids is 1. The van der Waals surface area contributed by atoms with Crippen molar-refractivity contribution in [3.8, 4) is 0 Å². The molecule has 5 N–H and O–H groups in total. The number of hydrogen-bond donors (Lipinski definition) is 3. The summed E-state index contributed by atoms with van der Waals surface area (Å²) < 4.78 is 0. The number of unbranched alkanes of at least 4 members (excludes halogenated alkanes) is 3. The van der Waals surface area contributed by atoms with Crippen molar-refractivity contribution in [3.63, 3.8) is 0 Å². The number of rotatable bonds is 8. The maximum Gasteiger partial charge on any atom is 0.304 e. The maximum atomic E-state index is 10.2. The fourth-order valence-corrected chi connectivity index (χ4v) is 1.23. The predicted octanol–water partition coefficient (Wildman–Crippen LogP) is 1.54. The van der Waals surface area contributed by atoms with Crippen molar-refractivity contribution in [2.45, 2.75) is 44.6 Å². The van der Waals surface area contributed by atoms with Crippen LogP contribution >= 0.6 is 24.8 Å². The van der Waals surface area contributed by atoms with Crippen LogP contribution in [0.3, 0.4) is 0 Å². The Kier molecular flexibility index (Phi) is 19.0. The van der Waals surface area contributed by atoms with Crippen molar-refractivity contribution < 1.29 is 9.90 Å². The molecule has 0 bridgehead atoms. The Morgan fingerprint density at radius 1 is 1.13 bits per heavy atom. The summed E-state index contributed by atoms with van der Waals surface area (Å²) in [6, 6.07) is -0.185. The Morgan fingerprint density at radius 2 is 1.67 bits per heavy atom. The minimum absolute atomic E-state index is 0. The van der Waals surface area contributed by atoms with E-state index in [2.05, 4.69) is 0 Å². The van der Waals surface area contributed by atoms with E-state index in [1.54, 1.807) is 0 Å². The molecule has 0 aliphatic carbocycles. The summed E-state index contributed by atoms with van der Waals surface area (Å²) in [5.74, 6) is -0.811. The van der Waals surface area contributed by atoms with Gasteiger partial charge in [-0.05, 0) is 19.4 Å². The van der Waals surface area contributed by atoms with Crippen LogP contribution in [0.4, 0.5) is 0 Å². The molecule has 0 aromatic rings. The van der Waals surface area contributed by atoms with Gasteiger partial charge in [-0.15, -0.1) is 24.8 Å². The zero-order chi connectivity index (χ0) is 10.1. The fraction of sp³-hybridized carbons (Fsp3) is 0.889. The molecule has 0 heterocycles. The van der Waals surface area contributed by atoms with Crippen molar-refractivity contribution in [1.82, 2.24) is 0 Å². The third-order valence-corrected chi connectivity index (χ3v) is 1.97. The number of nitrogens with two attached hydrogens (primary N) is 2. The first kappa shape index (κ1) is 20.4. The van der Waals surface area contributed by atoms with Gasteiger partial charge in [0.2, 0.25) is 0 Å². The molecule has 0 aromatic carbocycles. The Bertz CT molecular complexity index is 148. The zero-order valence-electron chi connectivity index (χ0n) is 8.85. The molecule has 0 radical (unpaired) electrons. The minimum Gasteiger partial charge on any atom is -0.481 e. The molecule has 0 amide bonds. The molecule has 0 spiro atoms. The lowest BCUT2D eigenvalue weighted by atomic mass is 10.1. The highest BCUT2D eigenvalue weighted by molar-refractivity contribution is 5.85. The number of halogens is 2. The van der Waals surface area contributed by atoms with Crippen molar-refractivity contribution in [2.75, 3.05) is 6.54 Å². The molecule has 4 nitrogen and oxygen atoms in total. The maximum absolute atomic E-state index is 10.2. The Labute approximate surface area is 104 Å². The minimum atomic E-state index is -0.811. The van der Waals surface area contributed by atoms with Gasteiger partial charge < -0.3 is 16.6 Å². The third-order valence-electron chi connectivity index (χ3n) is 1.97. The van der Waals surface area contributed by atoms with Gasteiger partial charge in [-0.2, -0.15) is 0 Å². The van der Waals surface area contributed by atoms with Crippen LogP contribution in [0, 0.1) is 0 Å². The lowest BCUT2D eigenvalue weighted by Crippen LogP contribution is -2.23. The van der Waals surface area contributed by atoms with E-state index in [1.807, 2.05) is 0 Å². The van der Waals surface area contributed by atoms with Crippen molar-refractivity contribution >= 4 is 30.8 Å². The van der Waals surface area contributed by atoms with Gasteiger partial charge in [0.05, 0.1) is 6.42 Å². The highest BCUT2D eigenvalue weighted by Crippen LogP contribution is 2.05. The average Bonchev–Trinajstić information content (AvgIpc) is 2.02. The standard InChI is InChI=1S/C9H20N2O2.2ClH/c10-6-4-2-1-3-5-8(11)7-9(12)13;;/h8H,1-7,10-11H2,(H,12,13);2*1H. The predicted molar refractivity (Wildman–Crippen MR) is 66.9 cm³/mol. The topological polar surface area (TPSA) is 89.3 Å². The summed E-state index contributed by atoms with van der Waals surface area (Å²) in [6.45, 7) is 0.737. The van der Waals surface area contributed by atoms with Crippen molar-refractivity contribution in [3.05, 3.63) is 0 Å². The van der Waals surface area contributed by atoms with Crippen LogP contribution in [-0.4, -0.2) is 23.7 Å². The first-order chi connectivity index (χ1) is 6.16. The van der Waals surface area contributed by atoms with E-state index in [0.29, 0.717) is 0 Å². The molecule has 15 heavy (non-hydrogen) atoms. The first-order valence-electron chi connectivity index (χ1n) is 4.84. The number of hydrogen-bond acceptors (Lipinski definition) is 3. The Morgan fingerprint density at radius 3 is 2.13 bits per heavy atom. The van der Waals surface area contributed by atoms with E-state index in [9.17, 15) is 4.79 Å². The molecular weight excluding hydrogens is 239 g/mol. The fourth-order valence-electron chi connectivity index (χ4n) is 1.23. The van der Waals surface area contributed by atoms with Gasteiger partial charge >= 0.3 is 5.97 Å². The molecule has 6 heteroatoms. The third kappa shape index (κ3) is 16.6. The SMILES string of the molecule is Cl.Cl.NCCCCCCC(N)CC(=O)O. The molecule has 0 aliphatic rings. The van der Waals surface area contributed by atoms with E-state index in [1.165, 1.54) is 0 Å². The summed E-state index contributed by atoms with van der Waals surface area (Å²) in [6.07, 6.45) is 5.16. The zero-order valence-corrected chi connectivity index (χ0v) is 10.5. The summed E-state index contributed by atoms with van der Waals surface area (Å²) in [5.41, 5.74) is 10.9. The first-order valence-corrected chi connectivity index (χ1v) is 4.84. The molecule has 0 saturated carbocycles. The lowest BCUT2D eigenvalue weighted by molar-refractivity contribution is -0.137. The van der Waals surface area contributed by atoms with E-state index in [-0.39, 0.29) is 37.3 Å². The number of carboxylic acids is 1. The highest BCUT2D eigenvalue weighted by Gasteiger charge is 2.06. The molecule has 0 aromatic heterocycles. The van der Waals surface area contributed by atoms with Gasteiger partial charge in [0.25, 0.3) is 0 Å². The summed E-state index contributed by atoms with van der Waals surface area (Å²) in [5, 5.41) is 8.43. The number of carbonyl (C=O) groups is 1. The van der Waals surface area contributed by atoms with Gasteiger partial charge in [-0.25, -0.2) is 0 Å². The largest absolute Gasteiger partial charge is 0.481 e. The molecule has 1 unspecified atom stereocenters. The molecular formula is C9H22Cl2N2O2. The number of carboxylic acid groups (broad SMARTS) is 1. The lowest BCUT2D eigenvalue weighted by Gasteiger charge is -2.07. The van der Waals surface area contributed by atoms with Crippen LogP contribution in [0.2, 0.25) is 0 Å². The monoisotopic (exact) mass is 260 g/mol. The van der Waals surface area contributed by atoms with Crippen LogP contribution in [0.1, 0.15) is 38.5 Å². The van der Waals surface area contributed by atoms with Crippen LogP contribution in [0.15, 0.2) is 0 Å². The molecule has 0 aliphatic heterocycles. The van der Waals surface area contributed by atoms with Crippen LogP contribution in [0.25, 0.3) is 0 Å². The van der Waals surface area contributed by atoms with Crippen LogP contribution < -0.4 is 11.5 Å². The smallest absolute Gasteiger partial charge is 0.304 e. The van der Waals surface area contributed by atoms with E-state index in [4.69, 9.17) is 16.6 Å². The Balaban J connectivity index is -0.000000720. The van der Waals surface area contributed by atoms with E-state index in [0.717, 1.165) is 38.6 Å². The molecule has 0 rings (SSSR count). The summed E-state index contributed by atoms with van der Waals surface area (Å²) in [4.78, 5) is 10.2. The van der Waals surface area contributed by atoms with Gasteiger partial charge in [-0.1, -0.05) is 19.3 Å². The van der Waals surface area contributed by atoms with E-state index >= 15 is 0 Å². The quantitative estimate of drug-likeness (QED) is 0.578. The van der Waals surface area contributed by atoms with E-state index < -0.39 is 5.97 Å². The molecule has 0 fully saturated rings. The van der Waals surface area contributed by atoms with Gasteiger partial charge in [0.1, 0.15) is 0 Å². The van der Waals surface area contributed by atoms with Crippen molar-refractivity contribution in [1.29, 1.82) is 0 Å². The second kappa shape index (κ2) is 14.0. The van der Waals surface area contributed by atoms with Gasteiger partial charge in [0, 0.05) is 6.04 Å². The van der Waals surface area contributed by atoms with Crippen molar-refractivity contribution in [2.24, 2.45) is 11.5 Å². The second-order valence-corrected chi connectivity index (χ2v) is 3.35. The van der Waals surface area contributed by atoms with Gasteiger partial charge in [-0.3, -0.25) is 4.79 Å². The van der Waals surface area contributed by atoms with Crippen LogP contribution in [-0.2, 0) is 4.79 Å². The molecule has 1 atom stereocenters. The van der Waals surface area contributed by atoms with Crippen LogP contribution in [0.5, 0.6) is 0 Å². The normalized spacial score (nSPS) is 11.1. The summed E-state index contributed by atoms with van der Waals surface area (Å²) >= 11 is 0. The highest BCUT2D eigenvalue weighted by atomic mass is 35.5. The Hall–Kier alpha value is -0.0300. The second-order valence-electron chi connectivity index (χ2n) is 3.35. The molecule has 94 valence electrons.